The molecule has 150 valence electrons. The maximum Gasteiger partial charge on any atom is 0.323 e. The molecule has 0 aromatic carbocycles. The molecule has 0 aliphatic heterocycles. The fourth-order valence-electron chi connectivity index (χ4n) is 0.910. The monoisotopic (exact) mass is 369 g/mol. The highest BCUT2D eigenvalue weighted by molar-refractivity contribution is 5.74. The summed E-state index contributed by atoms with van der Waals surface area (Å²) in [6.07, 6.45) is -1.15. The van der Waals surface area contributed by atoms with Crippen LogP contribution in [0.2, 0.25) is 0 Å². The predicted molar refractivity (Wildman–Crippen MR) is 89.7 cm³/mol. The van der Waals surface area contributed by atoms with Crippen LogP contribution in [0, 0.1) is 5.92 Å². The van der Waals surface area contributed by atoms with Crippen molar-refractivity contribution < 1.29 is 39.9 Å². The summed E-state index contributed by atoms with van der Waals surface area (Å²) in [6.45, 7) is 6.42. The third kappa shape index (κ3) is 15.5. The molecule has 25 heavy (non-hydrogen) atoms. The quantitative estimate of drug-likeness (QED) is 0.244. The molecule has 0 saturated heterocycles. The first-order valence-corrected chi connectivity index (χ1v) is 7.51. The largest absolute Gasteiger partial charge is 0.480 e. The number of aliphatic hydroxyl groups excluding tert-OH is 2. The third-order valence-corrected chi connectivity index (χ3v) is 3.15. The highest BCUT2D eigenvalue weighted by Crippen LogP contribution is 2.04. The molecule has 0 aromatic heterocycles. The van der Waals surface area contributed by atoms with Crippen molar-refractivity contribution in [3.8, 4) is 0 Å². The number of carboxylic acid groups (broad SMARTS) is 3. The minimum absolute atomic E-state index is 0.0718. The number of hydrogen-bond acceptors (Lipinski definition) is 8. The normalized spacial score (nSPS) is 17.2. The number of aliphatic carboxylic acids is 3. The lowest BCUT2D eigenvalue weighted by molar-refractivity contribution is -0.141. The molecule has 0 aliphatic carbocycles. The summed E-state index contributed by atoms with van der Waals surface area (Å²) in [5.74, 6) is -3.20. The van der Waals surface area contributed by atoms with Crippen LogP contribution in [0.15, 0.2) is 0 Å². The Kier molecular flexibility index (Phi) is 16.3. The van der Waals surface area contributed by atoms with E-state index in [1.54, 1.807) is 0 Å². The van der Waals surface area contributed by atoms with Crippen LogP contribution in [-0.4, -0.2) is 73.8 Å². The van der Waals surface area contributed by atoms with Gasteiger partial charge in [-0.1, -0.05) is 20.3 Å². The molecule has 0 amide bonds. The first kappa shape index (κ1) is 28.0. The second-order valence-electron chi connectivity index (χ2n) is 5.46. The summed E-state index contributed by atoms with van der Waals surface area (Å²) in [4.78, 5) is 29.9. The SMILES string of the molecule is CC[C@H](C)[C@H](N)C(=O)O.C[C@@H](O)[C@H](N)C(=O)O.C[C@@H](O)[C@H](N)C(=O)O. The van der Waals surface area contributed by atoms with E-state index in [0.29, 0.717) is 0 Å². The molecular weight excluding hydrogens is 338 g/mol. The van der Waals surface area contributed by atoms with Gasteiger partial charge in [-0.15, -0.1) is 0 Å². The Bertz CT molecular complexity index is 380. The van der Waals surface area contributed by atoms with Crippen LogP contribution in [-0.2, 0) is 14.4 Å². The first-order valence-electron chi connectivity index (χ1n) is 7.51. The minimum atomic E-state index is -1.18. The molecule has 0 unspecified atom stereocenters. The van der Waals surface area contributed by atoms with Gasteiger partial charge in [-0.3, -0.25) is 14.4 Å². The molecule has 0 heterocycles. The zero-order valence-electron chi connectivity index (χ0n) is 14.9. The van der Waals surface area contributed by atoms with Gasteiger partial charge in [0, 0.05) is 0 Å². The smallest absolute Gasteiger partial charge is 0.323 e. The summed E-state index contributed by atoms with van der Waals surface area (Å²) in [5, 5.41) is 41.5. The Labute approximate surface area is 146 Å². The van der Waals surface area contributed by atoms with Gasteiger partial charge < -0.3 is 42.7 Å². The van der Waals surface area contributed by atoms with Gasteiger partial charge in [-0.25, -0.2) is 0 Å². The zero-order valence-corrected chi connectivity index (χ0v) is 14.9. The summed E-state index contributed by atoms with van der Waals surface area (Å²) < 4.78 is 0. The number of hydrogen-bond donors (Lipinski definition) is 8. The number of carbonyl (C=O) groups is 3. The minimum Gasteiger partial charge on any atom is -0.480 e. The molecule has 0 spiro atoms. The van der Waals surface area contributed by atoms with Crippen LogP contribution in [0.4, 0.5) is 0 Å². The molecule has 11 nitrogen and oxygen atoms in total. The summed E-state index contributed by atoms with van der Waals surface area (Å²) in [5.41, 5.74) is 15.1. The van der Waals surface area contributed by atoms with Gasteiger partial charge in [0.05, 0.1) is 12.2 Å². The zero-order chi connectivity index (χ0) is 20.9. The molecule has 6 atom stereocenters. The topological polar surface area (TPSA) is 230 Å². The average molecular weight is 369 g/mol. The Morgan fingerprint density at radius 2 is 0.960 bits per heavy atom. The Morgan fingerprint density at radius 3 is 1.00 bits per heavy atom. The molecule has 0 rings (SSSR count). The molecular formula is C14H31N3O8. The van der Waals surface area contributed by atoms with Crippen molar-refractivity contribution in [1.82, 2.24) is 0 Å². The van der Waals surface area contributed by atoms with E-state index in [1.165, 1.54) is 13.8 Å². The maximum absolute atomic E-state index is 10.2. The van der Waals surface area contributed by atoms with Crippen molar-refractivity contribution in [3.63, 3.8) is 0 Å². The first-order chi connectivity index (χ1) is 11.2. The second kappa shape index (κ2) is 14.5. The van der Waals surface area contributed by atoms with Gasteiger partial charge in [0.15, 0.2) is 0 Å². The van der Waals surface area contributed by atoms with Crippen LogP contribution in [0.1, 0.15) is 34.1 Å². The molecule has 11 N–H and O–H groups in total. The van der Waals surface area contributed by atoms with E-state index in [2.05, 4.69) is 0 Å². The lowest BCUT2D eigenvalue weighted by Gasteiger charge is -2.11. The molecule has 0 aliphatic rings. The fraction of sp³-hybridized carbons (Fsp3) is 0.786. The van der Waals surface area contributed by atoms with Crippen molar-refractivity contribution in [2.24, 2.45) is 23.1 Å². The molecule has 0 radical (unpaired) electrons. The van der Waals surface area contributed by atoms with Gasteiger partial charge >= 0.3 is 17.9 Å². The maximum atomic E-state index is 10.2. The van der Waals surface area contributed by atoms with Crippen molar-refractivity contribution in [1.29, 1.82) is 0 Å². The Balaban J connectivity index is -0.000000291. The van der Waals surface area contributed by atoms with Crippen LogP contribution < -0.4 is 17.2 Å². The van der Waals surface area contributed by atoms with E-state index in [4.69, 9.17) is 42.7 Å². The van der Waals surface area contributed by atoms with E-state index in [1.807, 2.05) is 13.8 Å². The summed E-state index contributed by atoms with van der Waals surface area (Å²) in [6, 6.07) is -3.01. The van der Waals surface area contributed by atoms with Gasteiger partial charge in [-0.2, -0.15) is 0 Å². The van der Waals surface area contributed by atoms with E-state index in [-0.39, 0.29) is 5.92 Å². The van der Waals surface area contributed by atoms with Crippen molar-refractivity contribution in [2.75, 3.05) is 0 Å². The van der Waals surface area contributed by atoms with Gasteiger partial charge in [0.2, 0.25) is 0 Å². The Morgan fingerprint density at radius 1 is 0.720 bits per heavy atom. The lowest BCUT2D eigenvalue weighted by atomic mass is 10.0. The standard InChI is InChI=1S/C6H13NO2.2C4H9NO3/c1-3-4(2)5(7)6(8)9;2*1-2(6)3(5)4(7)8/h4-5H,3,7H2,1-2H3,(H,8,9);2*2-3,6H,5H2,1H3,(H,7,8)/t4-,5-;2*2-,3+/m011/s1. The van der Waals surface area contributed by atoms with Gasteiger partial charge in [-0.05, 0) is 19.8 Å². The summed E-state index contributed by atoms with van der Waals surface area (Å²) in [7, 11) is 0. The molecule has 0 aromatic rings. The molecule has 0 bridgehead atoms. The van der Waals surface area contributed by atoms with Crippen LogP contribution in [0.25, 0.3) is 0 Å². The highest BCUT2D eigenvalue weighted by Gasteiger charge is 2.17. The molecule has 0 fully saturated rings. The van der Waals surface area contributed by atoms with Gasteiger partial charge in [0.25, 0.3) is 0 Å². The van der Waals surface area contributed by atoms with Crippen molar-refractivity contribution in [3.05, 3.63) is 0 Å². The number of carboxylic acids is 3. The lowest BCUT2D eigenvalue weighted by Crippen LogP contribution is -2.39. The van der Waals surface area contributed by atoms with E-state index in [0.717, 1.165) is 6.42 Å². The van der Waals surface area contributed by atoms with Crippen LogP contribution in [0.5, 0.6) is 0 Å². The van der Waals surface area contributed by atoms with Gasteiger partial charge in [0.1, 0.15) is 18.1 Å². The average Bonchev–Trinajstić information content (AvgIpc) is 2.52. The van der Waals surface area contributed by atoms with Crippen LogP contribution in [0.3, 0.4) is 0 Å². The third-order valence-electron chi connectivity index (χ3n) is 3.15. The fourth-order valence-corrected chi connectivity index (χ4v) is 0.910. The second-order valence-corrected chi connectivity index (χ2v) is 5.46. The number of nitrogens with two attached hydrogens (primary N) is 3. The van der Waals surface area contributed by atoms with Crippen molar-refractivity contribution in [2.45, 2.75) is 64.4 Å². The van der Waals surface area contributed by atoms with Crippen LogP contribution >= 0.6 is 0 Å². The predicted octanol–water partition coefficient (Wildman–Crippen LogP) is -2.00. The molecule has 11 heteroatoms. The van der Waals surface area contributed by atoms with E-state index in [9.17, 15) is 14.4 Å². The van der Waals surface area contributed by atoms with E-state index >= 15 is 0 Å². The van der Waals surface area contributed by atoms with Crippen molar-refractivity contribution >= 4 is 17.9 Å². The Hall–Kier alpha value is -1.79. The number of rotatable bonds is 7. The molecule has 0 saturated carbocycles. The highest BCUT2D eigenvalue weighted by atomic mass is 16.4. The van der Waals surface area contributed by atoms with E-state index < -0.39 is 48.2 Å². The summed E-state index contributed by atoms with van der Waals surface area (Å²) >= 11 is 0. The number of aliphatic hydroxyl groups is 2.